The van der Waals surface area contributed by atoms with Gasteiger partial charge < -0.3 is 4.57 Å². The summed E-state index contributed by atoms with van der Waals surface area (Å²) in [6.07, 6.45) is 0. The van der Waals surface area contributed by atoms with Crippen LogP contribution in [0.15, 0.2) is 91.0 Å². The Bertz CT molecular complexity index is 2070. The number of para-hydroxylation sites is 2. The highest BCUT2D eigenvalue weighted by atomic mass is 15.0. The van der Waals surface area contributed by atoms with Crippen LogP contribution in [0, 0.1) is 22.7 Å². The zero-order chi connectivity index (χ0) is 23.5. The van der Waals surface area contributed by atoms with Crippen LogP contribution < -0.4 is 0 Å². The molecule has 7 rings (SSSR count). The van der Waals surface area contributed by atoms with E-state index in [0.29, 0.717) is 11.0 Å². The molecule has 0 unspecified atom stereocenters. The Labute approximate surface area is 199 Å². The lowest BCUT2D eigenvalue weighted by atomic mass is 9.97. The summed E-state index contributed by atoms with van der Waals surface area (Å²) in [7, 11) is 0. The molecule has 0 N–H and O–H groups in total. The van der Waals surface area contributed by atoms with Gasteiger partial charge in [-0.15, -0.1) is 0 Å². The molecule has 0 aliphatic rings. The third-order valence-corrected chi connectivity index (χ3v) is 6.66. The number of aromatic nitrogens is 3. The van der Waals surface area contributed by atoms with Crippen molar-refractivity contribution in [3.8, 4) is 17.8 Å². The first-order valence-electron chi connectivity index (χ1n) is 11.2. The smallest absolute Gasteiger partial charge is 0.177 e. The van der Waals surface area contributed by atoms with Crippen LogP contribution in [0.4, 0.5) is 0 Å². The molecule has 0 radical (unpaired) electrons. The Hall–Kier alpha value is -5.26. The lowest BCUT2D eigenvalue weighted by Crippen LogP contribution is -1.98. The molecule has 0 saturated heterocycles. The van der Waals surface area contributed by atoms with Crippen molar-refractivity contribution in [3.05, 3.63) is 102 Å². The van der Waals surface area contributed by atoms with Crippen molar-refractivity contribution in [2.24, 2.45) is 0 Å². The van der Waals surface area contributed by atoms with E-state index in [9.17, 15) is 10.5 Å². The van der Waals surface area contributed by atoms with Gasteiger partial charge in [-0.2, -0.15) is 10.5 Å². The summed E-state index contributed by atoms with van der Waals surface area (Å²) in [5.74, 6) is 0. The third kappa shape index (κ3) is 2.61. The first kappa shape index (κ1) is 19.2. The van der Waals surface area contributed by atoms with Gasteiger partial charge in [0.1, 0.15) is 12.1 Å². The maximum absolute atomic E-state index is 9.65. The maximum atomic E-state index is 9.65. The zero-order valence-electron chi connectivity index (χ0n) is 18.4. The van der Waals surface area contributed by atoms with Gasteiger partial charge in [-0.1, -0.05) is 60.7 Å². The molecule has 2 heterocycles. The normalized spacial score (nSPS) is 11.4. The largest absolute Gasteiger partial charge is 0.309 e. The standard InChI is InChI=1S/C30H15N5/c31-16-25-26(17-32)34-30-24-15-28-23(14-22(24)19-10-4-5-12-21(19)29(30)33-25)20-11-6-7-13-27(20)35(28)18-8-2-1-3-9-18/h1-15H. The zero-order valence-corrected chi connectivity index (χ0v) is 18.4. The molecular weight excluding hydrogens is 430 g/mol. The number of fused-ring (bicyclic) bond motifs is 9. The highest BCUT2D eigenvalue weighted by Crippen LogP contribution is 2.40. The number of rotatable bonds is 1. The average Bonchev–Trinajstić information content (AvgIpc) is 3.25. The van der Waals surface area contributed by atoms with E-state index in [1.165, 1.54) is 5.39 Å². The maximum Gasteiger partial charge on any atom is 0.177 e. The Morgan fingerprint density at radius 3 is 1.83 bits per heavy atom. The number of hydrogen-bond donors (Lipinski definition) is 0. The van der Waals surface area contributed by atoms with Crippen LogP contribution in [0.5, 0.6) is 0 Å². The molecule has 0 aliphatic heterocycles. The van der Waals surface area contributed by atoms with Gasteiger partial charge in [0.05, 0.1) is 22.1 Å². The molecular formula is C30H15N5. The van der Waals surface area contributed by atoms with E-state index in [2.05, 4.69) is 69.1 Å². The quantitative estimate of drug-likeness (QED) is 0.261. The van der Waals surface area contributed by atoms with E-state index < -0.39 is 0 Å². The predicted molar refractivity (Wildman–Crippen MR) is 138 cm³/mol. The molecule has 160 valence electrons. The van der Waals surface area contributed by atoms with E-state index >= 15 is 0 Å². The predicted octanol–water partition coefficient (Wildman–Crippen LogP) is 6.78. The molecule has 2 aromatic heterocycles. The molecule has 5 aromatic carbocycles. The van der Waals surface area contributed by atoms with Gasteiger partial charge in [-0.05, 0) is 41.1 Å². The van der Waals surface area contributed by atoms with Crippen LogP contribution in [0.2, 0.25) is 0 Å². The van der Waals surface area contributed by atoms with Crippen molar-refractivity contribution in [2.45, 2.75) is 0 Å². The molecule has 5 nitrogen and oxygen atoms in total. The van der Waals surface area contributed by atoms with Crippen LogP contribution in [0.1, 0.15) is 11.4 Å². The Morgan fingerprint density at radius 2 is 1.11 bits per heavy atom. The summed E-state index contributed by atoms with van der Waals surface area (Å²) >= 11 is 0. The molecule has 0 fully saturated rings. The molecule has 0 saturated carbocycles. The second-order valence-electron chi connectivity index (χ2n) is 8.49. The second kappa shape index (κ2) is 7.12. The topological polar surface area (TPSA) is 78.3 Å². The van der Waals surface area contributed by atoms with Crippen molar-refractivity contribution in [1.29, 1.82) is 10.5 Å². The van der Waals surface area contributed by atoms with Crippen molar-refractivity contribution in [3.63, 3.8) is 0 Å². The fourth-order valence-corrected chi connectivity index (χ4v) is 5.18. The van der Waals surface area contributed by atoms with Gasteiger partial charge in [-0.25, -0.2) is 9.97 Å². The van der Waals surface area contributed by atoms with Gasteiger partial charge in [0.15, 0.2) is 11.4 Å². The van der Waals surface area contributed by atoms with E-state index in [-0.39, 0.29) is 11.4 Å². The molecule has 0 spiro atoms. The van der Waals surface area contributed by atoms with Gasteiger partial charge >= 0.3 is 0 Å². The summed E-state index contributed by atoms with van der Waals surface area (Å²) < 4.78 is 2.26. The Kier molecular flexibility index (Phi) is 3.91. The first-order valence-corrected chi connectivity index (χ1v) is 11.2. The number of benzene rings is 5. The van der Waals surface area contributed by atoms with Crippen LogP contribution in [-0.2, 0) is 0 Å². The molecule has 35 heavy (non-hydrogen) atoms. The lowest BCUT2D eigenvalue weighted by molar-refractivity contribution is 1.18. The monoisotopic (exact) mass is 445 g/mol. The Balaban J connectivity index is 1.77. The molecule has 0 atom stereocenters. The van der Waals surface area contributed by atoms with Gasteiger partial charge in [0.2, 0.25) is 0 Å². The van der Waals surface area contributed by atoms with Gasteiger partial charge in [0, 0.05) is 27.2 Å². The van der Waals surface area contributed by atoms with Crippen LogP contribution in [0.3, 0.4) is 0 Å². The minimum absolute atomic E-state index is 0.0419. The number of nitrogens with zero attached hydrogens (tertiary/aromatic N) is 5. The minimum atomic E-state index is 0.0419. The molecule has 0 bridgehead atoms. The molecule has 0 aliphatic carbocycles. The first-order chi connectivity index (χ1) is 17.3. The Morgan fingerprint density at radius 1 is 0.514 bits per heavy atom. The molecule has 5 heteroatoms. The lowest BCUT2D eigenvalue weighted by Gasteiger charge is -2.12. The summed E-state index contributed by atoms with van der Waals surface area (Å²) in [5, 5.41) is 25.4. The molecule has 0 amide bonds. The van der Waals surface area contributed by atoms with E-state index in [0.717, 1.165) is 43.7 Å². The van der Waals surface area contributed by atoms with E-state index in [4.69, 9.17) is 0 Å². The van der Waals surface area contributed by atoms with Crippen molar-refractivity contribution < 1.29 is 0 Å². The van der Waals surface area contributed by atoms with Crippen LogP contribution in [0.25, 0.3) is 60.1 Å². The average molecular weight is 445 g/mol. The fourth-order valence-electron chi connectivity index (χ4n) is 5.18. The summed E-state index contributed by atoms with van der Waals surface area (Å²) in [6, 6.07) is 35.2. The summed E-state index contributed by atoms with van der Waals surface area (Å²) in [5.41, 5.74) is 4.58. The van der Waals surface area contributed by atoms with Crippen LogP contribution in [-0.4, -0.2) is 14.5 Å². The summed E-state index contributed by atoms with van der Waals surface area (Å²) in [6.45, 7) is 0. The fraction of sp³-hybridized carbons (Fsp3) is 0. The van der Waals surface area contributed by atoms with Crippen molar-refractivity contribution >= 4 is 54.4 Å². The highest BCUT2D eigenvalue weighted by molar-refractivity contribution is 6.27. The minimum Gasteiger partial charge on any atom is -0.309 e. The van der Waals surface area contributed by atoms with E-state index in [1.54, 1.807) is 0 Å². The van der Waals surface area contributed by atoms with Gasteiger partial charge in [0.25, 0.3) is 0 Å². The van der Waals surface area contributed by atoms with E-state index in [1.807, 2.05) is 48.5 Å². The molecule has 7 aromatic rings. The number of hydrogen-bond acceptors (Lipinski definition) is 4. The SMILES string of the molecule is N#Cc1nc2c3ccccc3c3cc4c5ccccc5n(-c5ccccc5)c4cc3c2nc1C#N. The van der Waals surface area contributed by atoms with Crippen LogP contribution >= 0.6 is 0 Å². The van der Waals surface area contributed by atoms with Gasteiger partial charge in [-0.3, -0.25) is 0 Å². The van der Waals surface area contributed by atoms with Crippen molar-refractivity contribution in [2.75, 3.05) is 0 Å². The second-order valence-corrected chi connectivity index (χ2v) is 8.49. The highest BCUT2D eigenvalue weighted by Gasteiger charge is 2.18. The van der Waals surface area contributed by atoms with Crippen molar-refractivity contribution in [1.82, 2.24) is 14.5 Å². The third-order valence-electron chi connectivity index (χ3n) is 6.66. The number of nitriles is 2. The summed E-state index contributed by atoms with van der Waals surface area (Å²) in [4.78, 5) is 9.24.